The Morgan fingerprint density at radius 3 is 2.62 bits per heavy atom. The Morgan fingerprint density at radius 1 is 1.00 bits per heavy atom. The van der Waals surface area contributed by atoms with Crippen molar-refractivity contribution >= 4 is 17.4 Å². The smallest absolute Gasteiger partial charge is 0.295 e. The van der Waals surface area contributed by atoms with Gasteiger partial charge >= 0.3 is 0 Å². The van der Waals surface area contributed by atoms with Crippen LogP contribution >= 0.6 is 0 Å². The minimum absolute atomic E-state index is 0.0380. The zero-order valence-electron chi connectivity index (χ0n) is 22.0. The normalized spacial score (nSPS) is 19.4. The number of Topliss-reactive ketones (excluding diaryl/α,β-unsaturated/α-hetero) is 1. The molecule has 2 atom stereocenters. The van der Waals surface area contributed by atoms with Gasteiger partial charge in [0.2, 0.25) is 0 Å². The second kappa shape index (κ2) is 10.7. The number of aliphatic hydroxyl groups is 1. The maximum absolute atomic E-state index is 13.5. The Labute approximate surface area is 232 Å². The summed E-state index contributed by atoms with van der Waals surface area (Å²) >= 11 is 0. The molecule has 1 amide bonds. The number of rotatable bonds is 7. The van der Waals surface area contributed by atoms with Gasteiger partial charge < -0.3 is 19.5 Å². The monoisotopic (exact) mass is 532 g/mol. The van der Waals surface area contributed by atoms with E-state index in [1.807, 2.05) is 73.7 Å². The quantitative estimate of drug-likeness (QED) is 0.189. The van der Waals surface area contributed by atoms with Gasteiger partial charge in [0.05, 0.1) is 11.6 Å². The third kappa shape index (κ3) is 4.94. The second-order valence-corrected chi connectivity index (χ2v) is 10.1. The Morgan fingerprint density at radius 2 is 1.82 bits per heavy atom. The van der Waals surface area contributed by atoms with Gasteiger partial charge in [-0.3, -0.25) is 14.6 Å². The molecule has 6 rings (SSSR count). The lowest BCUT2D eigenvalue weighted by Crippen LogP contribution is -2.29. The average molecular weight is 533 g/mol. The molecule has 200 valence electrons. The van der Waals surface area contributed by atoms with Crippen molar-refractivity contribution in [1.82, 2.24) is 9.88 Å². The molecule has 1 aromatic heterocycles. The van der Waals surface area contributed by atoms with E-state index >= 15 is 0 Å². The number of likely N-dealkylation sites (tertiary alicyclic amines) is 1. The summed E-state index contributed by atoms with van der Waals surface area (Å²) in [5.74, 6) is -0.260. The van der Waals surface area contributed by atoms with Crippen LogP contribution in [0.2, 0.25) is 0 Å². The zero-order chi connectivity index (χ0) is 27.6. The van der Waals surface area contributed by atoms with Gasteiger partial charge in [-0.2, -0.15) is 0 Å². The molecule has 7 heteroatoms. The molecule has 2 aliphatic rings. The fourth-order valence-corrected chi connectivity index (χ4v) is 5.32. The number of ketones is 1. The zero-order valence-corrected chi connectivity index (χ0v) is 22.0. The van der Waals surface area contributed by atoms with E-state index in [-0.39, 0.29) is 24.0 Å². The van der Waals surface area contributed by atoms with E-state index in [9.17, 15) is 14.7 Å². The molecule has 1 fully saturated rings. The number of carbonyl (C=O) groups is 2. The molecule has 4 aromatic rings. The van der Waals surface area contributed by atoms with E-state index in [1.54, 1.807) is 30.6 Å². The van der Waals surface area contributed by atoms with Crippen LogP contribution in [0.1, 0.15) is 40.8 Å². The Bertz CT molecular complexity index is 1600. The number of nitrogens with zero attached hydrogens (tertiary/aromatic N) is 2. The predicted octanol–water partition coefficient (Wildman–Crippen LogP) is 5.61. The third-order valence-electron chi connectivity index (χ3n) is 7.21. The van der Waals surface area contributed by atoms with Gasteiger partial charge in [-0.25, -0.2) is 0 Å². The third-order valence-corrected chi connectivity index (χ3v) is 7.21. The van der Waals surface area contributed by atoms with Crippen molar-refractivity contribution in [3.05, 3.63) is 131 Å². The minimum atomic E-state index is -0.816. The number of fused-ring (bicyclic) bond motifs is 1. The summed E-state index contributed by atoms with van der Waals surface area (Å²) in [4.78, 5) is 32.6. The molecule has 7 nitrogen and oxygen atoms in total. The predicted molar refractivity (Wildman–Crippen MR) is 150 cm³/mol. The van der Waals surface area contributed by atoms with Crippen LogP contribution in [0.25, 0.3) is 5.76 Å². The first-order valence-electron chi connectivity index (χ1n) is 13.2. The highest BCUT2D eigenvalue weighted by Gasteiger charge is 2.46. The molecule has 1 N–H and O–H groups in total. The van der Waals surface area contributed by atoms with E-state index in [1.165, 1.54) is 4.90 Å². The summed E-state index contributed by atoms with van der Waals surface area (Å²) in [6.45, 7) is 2.51. The largest absolute Gasteiger partial charge is 0.507 e. The van der Waals surface area contributed by atoms with Crippen molar-refractivity contribution in [2.24, 2.45) is 0 Å². The fraction of sp³-hybridized carbons (Fsp3) is 0.182. The first kappa shape index (κ1) is 25.4. The van der Waals surface area contributed by atoms with Crippen molar-refractivity contribution < 1.29 is 24.2 Å². The first-order chi connectivity index (χ1) is 19.5. The fourth-order valence-electron chi connectivity index (χ4n) is 5.32. The maximum atomic E-state index is 13.5. The number of carbonyl (C=O) groups excluding carboxylic acids is 2. The van der Waals surface area contributed by atoms with Crippen LogP contribution in [0.15, 0.2) is 103 Å². The van der Waals surface area contributed by atoms with Crippen molar-refractivity contribution in [1.29, 1.82) is 0 Å². The molecule has 0 bridgehead atoms. The lowest BCUT2D eigenvalue weighted by molar-refractivity contribution is -0.140. The van der Waals surface area contributed by atoms with Gasteiger partial charge in [0.15, 0.2) is 0 Å². The number of benzene rings is 3. The highest BCUT2D eigenvalue weighted by molar-refractivity contribution is 6.46. The van der Waals surface area contributed by atoms with Crippen molar-refractivity contribution in [2.75, 3.05) is 0 Å². The number of aromatic nitrogens is 1. The molecule has 0 spiro atoms. The Hall–Kier alpha value is -4.91. The molecule has 0 aliphatic carbocycles. The summed E-state index contributed by atoms with van der Waals surface area (Å²) in [5, 5.41) is 11.5. The highest BCUT2D eigenvalue weighted by atomic mass is 16.5. The molecular weight excluding hydrogens is 504 g/mol. The summed E-state index contributed by atoms with van der Waals surface area (Å²) in [5.41, 5.74) is 3.92. The molecule has 40 heavy (non-hydrogen) atoms. The van der Waals surface area contributed by atoms with E-state index in [4.69, 9.17) is 9.47 Å². The van der Waals surface area contributed by atoms with Gasteiger partial charge in [0.25, 0.3) is 11.7 Å². The van der Waals surface area contributed by atoms with Crippen molar-refractivity contribution in [2.45, 2.75) is 38.6 Å². The molecule has 1 saturated heterocycles. The van der Waals surface area contributed by atoms with Crippen LogP contribution in [0.3, 0.4) is 0 Å². The number of ether oxygens (including phenoxy) is 2. The van der Waals surface area contributed by atoms with Gasteiger partial charge in [-0.05, 0) is 65.6 Å². The molecule has 3 aromatic carbocycles. The van der Waals surface area contributed by atoms with Crippen LogP contribution in [0.5, 0.6) is 11.5 Å². The molecule has 2 aliphatic heterocycles. The minimum Gasteiger partial charge on any atom is -0.507 e. The number of aliphatic hydroxyl groups excluding tert-OH is 1. The van der Waals surface area contributed by atoms with Gasteiger partial charge in [0.1, 0.15) is 30.0 Å². The van der Waals surface area contributed by atoms with E-state index < -0.39 is 17.7 Å². The van der Waals surface area contributed by atoms with Crippen LogP contribution in [-0.4, -0.2) is 32.8 Å². The Kier molecular flexibility index (Phi) is 6.78. The first-order valence-corrected chi connectivity index (χ1v) is 13.2. The topological polar surface area (TPSA) is 89.0 Å². The molecular formula is C33H28N2O5. The van der Waals surface area contributed by atoms with E-state index in [0.717, 1.165) is 22.4 Å². The highest BCUT2D eigenvalue weighted by Crippen LogP contribution is 2.42. The summed E-state index contributed by atoms with van der Waals surface area (Å²) in [6, 6.07) is 25.3. The van der Waals surface area contributed by atoms with Gasteiger partial charge in [-0.1, -0.05) is 48.5 Å². The maximum Gasteiger partial charge on any atom is 0.295 e. The number of amides is 1. The van der Waals surface area contributed by atoms with Crippen LogP contribution in [0, 0.1) is 0 Å². The van der Waals surface area contributed by atoms with Crippen LogP contribution in [0.4, 0.5) is 0 Å². The SMILES string of the molecule is C[C@H]1Cc2cc(/C(O)=C3\C(=O)C(=O)N(Cc4cccnc4)[C@@H]3c3cccc(OCc4ccccc4)c3)ccc2O1. The number of hydrogen-bond acceptors (Lipinski definition) is 6. The van der Waals surface area contributed by atoms with E-state index in [0.29, 0.717) is 29.9 Å². The van der Waals surface area contributed by atoms with Gasteiger partial charge in [0, 0.05) is 30.9 Å². The second-order valence-electron chi connectivity index (χ2n) is 10.1. The summed E-state index contributed by atoms with van der Waals surface area (Å²) in [6.07, 6.45) is 4.06. The lowest BCUT2D eigenvalue weighted by Gasteiger charge is -2.25. The molecule has 0 saturated carbocycles. The van der Waals surface area contributed by atoms with Crippen molar-refractivity contribution in [3.63, 3.8) is 0 Å². The standard InChI is InChI=1S/C33H28N2O5/c1-21-15-26-16-25(12-13-28(26)40-21)31(36)29-30(35(33(38)32(29)37)19-23-9-6-14-34-18-23)24-10-5-11-27(17-24)39-20-22-7-3-2-4-8-22/h2-14,16-18,21,30,36H,15,19-20H2,1H3/b31-29+/t21-,30+/m0/s1. The summed E-state index contributed by atoms with van der Waals surface area (Å²) < 4.78 is 11.8. The molecule has 3 heterocycles. The van der Waals surface area contributed by atoms with Crippen molar-refractivity contribution in [3.8, 4) is 11.5 Å². The average Bonchev–Trinajstić information content (AvgIpc) is 3.48. The molecule has 0 radical (unpaired) electrons. The van der Waals surface area contributed by atoms with Crippen LogP contribution in [-0.2, 0) is 29.2 Å². The number of pyridine rings is 1. The Balaban J connectivity index is 1.41. The summed E-state index contributed by atoms with van der Waals surface area (Å²) in [7, 11) is 0. The van der Waals surface area contributed by atoms with E-state index in [2.05, 4.69) is 4.98 Å². The number of hydrogen-bond donors (Lipinski definition) is 1. The van der Waals surface area contributed by atoms with Crippen LogP contribution < -0.4 is 9.47 Å². The molecule has 0 unspecified atom stereocenters. The lowest BCUT2D eigenvalue weighted by atomic mass is 9.94. The van der Waals surface area contributed by atoms with Gasteiger partial charge in [-0.15, -0.1) is 0 Å².